The molecule has 0 aromatic heterocycles. The lowest BCUT2D eigenvalue weighted by Gasteiger charge is -2.10. The van der Waals surface area contributed by atoms with Crippen LogP contribution >= 0.6 is 0 Å². The van der Waals surface area contributed by atoms with Gasteiger partial charge in [0.05, 0.1) is 6.54 Å². The molecule has 0 aliphatic carbocycles. The van der Waals surface area contributed by atoms with Crippen molar-refractivity contribution in [2.24, 2.45) is 0 Å². The minimum Gasteiger partial charge on any atom is -0.479 e. The van der Waals surface area contributed by atoms with Crippen LogP contribution in [0.15, 0.2) is 18.2 Å². The van der Waals surface area contributed by atoms with E-state index in [2.05, 4.69) is 5.32 Å². The van der Waals surface area contributed by atoms with Gasteiger partial charge in [-0.05, 0) is 37.1 Å². The van der Waals surface area contributed by atoms with Crippen LogP contribution in [0.1, 0.15) is 11.1 Å². The number of carboxylic acids is 1. The summed E-state index contributed by atoms with van der Waals surface area (Å²) < 4.78 is 0. The Kier molecular flexibility index (Phi) is 3.68. The van der Waals surface area contributed by atoms with Crippen LogP contribution in [-0.2, 0) is 4.79 Å². The predicted octanol–water partition coefficient (Wildman–Crippen LogP) is 1.16. The average molecular weight is 209 g/mol. The first-order chi connectivity index (χ1) is 7.00. The Morgan fingerprint density at radius 2 is 2.07 bits per heavy atom. The summed E-state index contributed by atoms with van der Waals surface area (Å²) >= 11 is 0. The van der Waals surface area contributed by atoms with Crippen molar-refractivity contribution < 1.29 is 15.0 Å². The lowest BCUT2D eigenvalue weighted by atomic mass is 10.1. The Morgan fingerprint density at radius 1 is 1.40 bits per heavy atom. The van der Waals surface area contributed by atoms with Crippen LogP contribution in [-0.4, -0.2) is 28.8 Å². The molecule has 1 aromatic rings. The second-order valence-electron chi connectivity index (χ2n) is 3.53. The molecule has 4 heteroatoms. The molecule has 1 rings (SSSR count). The number of carboxylic acid groups (broad SMARTS) is 1. The van der Waals surface area contributed by atoms with Gasteiger partial charge in [0, 0.05) is 5.69 Å². The van der Waals surface area contributed by atoms with Gasteiger partial charge in [0.15, 0.2) is 6.10 Å². The van der Waals surface area contributed by atoms with Gasteiger partial charge in [-0.3, -0.25) is 0 Å². The molecule has 0 radical (unpaired) electrons. The Balaban J connectivity index is 2.58. The topological polar surface area (TPSA) is 69.6 Å². The summed E-state index contributed by atoms with van der Waals surface area (Å²) in [6.07, 6.45) is -1.37. The van der Waals surface area contributed by atoms with Gasteiger partial charge in [0.2, 0.25) is 0 Å². The molecule has 0 aliphatic rings. The first-order valence-electron chi connectivity index (χ1n) is 4.72. The molecule has 1 atom stereocenters. The maximum Gasteiger partial charge on any atom is 0.334 e. The van der Waals surface area contributed by atoms with Crippen molar-refractivity contribution in [2.75, 3.05) is 11.9 Å². The van der Waals surface area contributed by atoms with Crippen molar-refractivity contribution in [3.05, 3.63) is 29.3 Å². The number of aliphatic hydroxyl groups is 1. The molecular formula is C11H15NO3. The largest absolute Gasteiger partial charge is 0.479 e. The number of hydrogen-bond acceptors (Lipinski definition) is 3. The number of carbonyl (C=O) groups is 1. The lowest BCUT2D eigenvalue weighted by molar-refractivity contribution is -0.145. The molecule has 3 N–H and O–H groups in total. The van der Waals surface area contributed by atoms with E-state index in [1.165, 1.54) is 5.56 Å². The van der Waals surface area contributed by atoms with Crippen molar-refractivity contribution >= 4 is 11.7 Å². The SMILES string of the molecule is Cc1ccc(NCC(O)C(=O)O)cc1C. The molecule has 1 aromatic carbocycles. The normalized spacial score (nSPS) is 12.2. The molecular weight excluding hydrogens is 194 g/mol. The predicted molar refractivity (Wildman–Crippen MR) is 58.0 cm³/mol. The van der Waals surface area contributed by atoms with Gasteiger partial charge in [-0.25, -0.2) is 4.79 Å². The molecule has 82 valence electrons. The summed E-state index contributed by atoms with van der Waals surface area (Å²) in [4.78, 5) is 10.4. The highest BCUT2D eigenvalue weighted by molar-refractivity contribution is 5.72. The zero-order valence-corrected chi connectivity index (χ0v) is 8.82. The first kappa shape index (κ1) is 11.5. The molecule has 0 saturated heterocycles. The quantitative estimate of drug-likeness (QED) is 0.696. The molecule has 1 unspecified atom stereocenters. The number of benzene rings is 1. The van der Waals surface area contributed by atoms with Crippen molar-refractivity contribution in [3.8, 4) is 0 Å². The zero-order valence-electron chi connectivity index (χ0n) is 8.82. The van der Waals surface area contributed by atoms with Crippen LogP contribution in [0.4, 0.5) is 5.69 Å². The van der Waals surface area contributed by atoms with Crippen LogP contribution in [0.5, 0.6) is 0 Å². The zero-order chi connectivity index (χ0) is 11.4. The van der Waals surface area contributed by atoms with Crippen molar-refractivity contribution in [2.45, 2.75) is 20.0 Å². The second kappa shape index (κ2) is 4.79. The van der Waals surface area contributed by atoms with Gasteiger partial charge < -0.3 is 15.5 Å². The number of anilines is 1. The fourth-order valence-electron chi connectivity index (χ4n) is 1.15. The molecule has 15 heavy (non-hydrogen) atoms. The van der Waals surface area contributed by atoms with Gasteiger partial charge >= 0.3 is 5.97 Å². The van der Waals surface area contributed by atoms with E-state index in [4.69, 9.17) is 10.2 Å². The smallest absolute Gasteiger partial charge is 0.334 e. The fourth-order valence-corrected chi connectivity index (χ4v) is 1.15. The van der Waals surface area contributed by atoms with E-state index in [-0.39, 0.29) is 6.54 Å². The van der Waals surface area contributed by atoms with Crippen molar-refractivity contribution in [1.29, 1.82) is 0 Å². The number of aryl methyl sites for hydroxylation is 2. The number of nitrogens with one attached hydrogen (secondary N) is 1. The van der Waals surface area contributed by atoms with E-state index in [1.54, 1.807) is 0 Å². The first-order valence-corrected chi connectivity index (χ1v) is 4.72. The van der Waals surface area contributed by atoms with E-state index in [0.29, 0.717) is 0 Å². The van der Waals surface area contributed by atoms with Crippen LogP contribution in [0.25, 0.3) is 0 Å². The van der Waals surface area contributed by atoms with Gasteiger partial charge in [0.25, 0.3) is 0 Å². The lowest BCUT2D eigenvalue weighted by Crippen LogP contribution is -2.28. The minimum atomic E-state index is -1.37. The van der Waals surface area contributed by atoms with E-state index in [0.717, 1.165) is 11.3 Å². The van der Waals surface area contributed by atoms with Crippen LogP contribution in [0, 0.1) is 13.8 Å². The Morgan fingerprint density at radius 3 is 2.60 bits per heavy atom. The van der Waals surface area contributed by atoms with Gasteiger partial charge in [-0.2, -0.15) is 0 Å². The van der Waals surface area contributed by atoms with Gasteiger partial charge in [-0.1, -0.05) is 6.07 Å². The number of hydrogen-bond donors (Lipinski definition) is 3. The molecule has 4 nitrogen and oxygen atoms in total. The monoisotopic (exact) mass is 209 g/mol. The third-order valence-corrected chi connectivity index (χ3v) is 2.29. The van der Waals surface area contributed by atoms with E-state index in [9.17, 15) is 4.79 Å². The Bertz CT molecular complexity index is 363. The molecule has 0 aliphatic heterocycles. The summed E-state index contributed by atoms with van der Waals surface area (Å²) in [7, 11) is 0. The van der Waals surface area contributed by atoms with Crippen molar-refractivity contribution in [1.82, 2.24) is 0 Å². The average Bonchev–Trinajstić information content (AvgIpc) is 2.19. The summed E-state index contributed by atoms with van der Waals surface area (Å²) in [5.74, 6) is -1.22. The van der Waals surface area contributed by atoms with Crippen LogP contribution < -0.4 is 5.32 Å². The van der Waals surface area contributed by atoms with E-state index < -0.39 is 12.1 Å². The maximum atomic E-state index is 10.4. The molecule has 0 saturated carbocycles. The number of aliphatic hydroxyl groups excluding tert-OH is 1. The molecule has 0 bridgehead atoms. The minimum absolute atomic E-state index is 0.0117. The highest BCUT2D eigenvalue weighted by Gasteiger charge is 2.11. The van der Waals surface area contributed by atoms with Gasteiger partial charge in [-0.15, -0.1) is 0 Å². The Labute approximate surface area is 88.6 Å². The molecule has 0 amide bonds. The number of aliphatic carboxylic acids is 1. The maximum absolute atomic E-state index is 10.4. The molecule has 0 spiro atoms. The third kappa shape index (κ3) is 3.25. The second-order valence-corrected chi connectivity index (χ2v) is 3.53. The summed E-state index contributed by atoms with van der Waals surface area (Å²) in [6, 6.07) is 5.73. The fraction of sp³-hybridized carbons (Fsp3) is 0.364. The van der Waals surface area contributed by atoms with Crippen LogP contribution in [0.2, 0.25) is 0 Å². The highest BCUT2D eigenvalue weighted by atomic mass is 16.4. The van der Waals surface area contributed by atoms with E-state index >= 15 is 0 Å². The van der Waals surface area contributed by atoms with E-state index in [1.807, 2.05) is 32.0 Å². The summed E-state index contributed by atoms with van der Waals surface area (Å²) in [5, 5.41) is 20.4. The number of rotatable bonds is 4. The highest BCUT2D eigenvalue weighted by Crippen LogP contribution is 2.13. The Hall–Kier alpha value is -1.55. The standard InChI is InChI=1S/C11H15NO3/c1-7-3-4-9(5-8(7)2)12-6-10(13)11(14)15/h3-5,10,12-13H,6H2,1-2H3,(H,14,15). The summed E-state index contributed by atoms with van der Waals surface area (Å²) in [5.41, 5.74) is 3.13. The van der Waals surface area contributed by atoms with Crippen molar-refractivity contribution in [3.63, 3.8) is 0 Å². The summed E-state index contributed by atoms with van der Waals surface area (Å²) in [6.45, 7) is 4.00. The van der Waals surface area contributed by atoms with Gasteiger partial charge in [0.1, 0.15) is 0 Å². The molecule has 0 heterocycles. The van der Waals surface area contributed by atoms with Crippen LogP contribution in [0.3, 0.4) is 0 Å². The molecule has 0 fully saturated rings. The third-order valence-electron chi connectivity index (χ3n) is 2.29.